The van der Waals surface area contributed by atoms with Crippen LogP contribution in [0.4, 0.5) is 5.69 Å². The number of hydrogen-bond acceptors (Lipinski definition) is 2. The summed E-state index contributed by atoms with van der Waals surface area (Å²) in [7, 11) is 0. The van der Waals surface area contributed by atoms with E-state index < -0.39 is 0 Å². The first kappa shape index (κ1) is 15.2. The molecule has 2 N–H and O–H groups in total. The molecule has 0 atom stereocenters. The van der Waals surface area contributed by atoms with E-state index in [-0.39, 0.29) is 0 Å². The molecule has 0 saturated carbocycles. The highest BCUT2D eigenvalue weighted by Gasteiger charge is 2.08. The van der Waals surface area contributed by atoms with Gasteiger partial charge in [-0.25, -0.2) is 0 Å². The van der Waals surface area contributed by atoms with Gasteiger partial charge in [-0.05, 0) is 35.9 Å². The number of nitrogen functional groups attached to an aromatic ring is 1. The van der Waals surface area contributed by atoms with Gasteiger partial charge in [0.15, 0.2) is 0 Å². The highest BCUT2D eigenvalue weighted by atomic mass is 35.5. The van der Waals surface area contributed by atoms with Crippen LogP contribution in [0.3, 0.4) is 0 Å². The van der Waals surface area contributed by atoms with Crippen molar-refractivity contribution in [2.75, 3.05) is 12.3 Å². The van der Waals surface area contributed by atoms with Crippen LogP contribution < -0.4 is 5.73 Å². The molecular formula is C16H18Cl2N2. The van der Waals surface area contributed by atoms with Gasteiger partial charge in [-0.15, -0.1) is 0 Å². The molecule has 0 radical (unpaired) electrons. The number of anilines is 1. The molecule has 0 aliphatic rings. The number of rotatable bonds is 5. The third-order valence-corrected chi connectivity index (χ3v) is 4.03. The Bertz CT molecular complexity index is 584. The van der Waals surface area contributed by atoms with Crippen molar-refractivity contribution < 1.29 is 0 Å². The van der Waals surface area contributed by atoms with Gasteiger partial charge < -0.3 is 5.73 Å². The van der Waals surface area contributed by atoms with Gasteiger partial charge in [-0.3, -0.25) is 4.90 Å². The maximum absolute atomic E-state index is 6.06. The van der Waals surface area contributed by atoms with Gasteiger partial charge in [-0.1, -0.05) is 54.4 Å². The minimum Gasteiger partial charge on any atom is -0.398 e. The van der Waals surface area contributed by atoms with Crippen LogP contribution in [0.2, 0.25) is 10.0 Å². The van der Waals surface area contributed by atoms with E-state index in [0.29, 0.717) is 10.0 Å². The van der Waals surface area contributed by atoms with Crippen molar-refractivity contribution in [3.8, 4) is 0 Å². The molecule has 2 aromatic carbocycles. The van der Waals surface area contributed by atoms with E-state index in [0.717, 1.165) is 36.4 Å². The highest BCUT2D eigenvalue weighted by molar-refractivity contribution is 6.42. The Labute approximate surface area is 130 Å². The maximum atomic E-state index is 6.06. The van der Waals surface area contributed by atoms with E-state index in [9.17, 15) is 0 Å². The Balaban J connectivity index is 2.09. The first-order valence-corrected chi connectivity index (χ1v) is 7.35. The Morgan fingerprint density at radius 3 is 2.40 bits per heavy atom. The molecule has 2 aromatic rings. The van der Waals surface area contributed by atoms with Crippen LogP contribution in [-0.2, 0) is 13.1 Å². The average Bonchev–Trinajstić information content (AvgIpc) is 2.44. The summed E-state index contributed by atoms with van der Waals surface area (Å²) < 4.78 is 0. The minimum absolute atomic E-state index is 0.589. The van der Waals surface area contributed by atoms with Crippen molar-refractivity contribution in [2.45, 2.75) is 20.0 Å². The first-order valence-electron chi connectivity index (χ1n) is 6.59. The van der Waals surface area contributed by atoms with Crippen LogP contribution in [-0.4, -0.2) is 11.4 Å². The second-order valence-electron chi connectivity index (χ2n) is 4.75. The topological polar surface area (TPSA) is 29.3 Å². The fourth-order valence-electron chi connectivity index (χ4n) is 2.09. The third-order valence-electron chi connectivity index (χ3n) is 3.29. The molecule has 2 rings (SSSR count). The van der Waals surface area contributed by atoms with Crippen LogP contribution in [0, 0.1) is 0 Å². The molecule has 2 nitrogen and oxygen atoms in total. The molecule has 0 saturated heterocycles. The van der Waals surface area contributed by atoms with Crippen molar-refractivity contribution >= 4 is 28.9 Å². The number of nitrogens with two attached hydrogens (primary N) is 1. The van der Waals surface area contributed by atoms with Crippen LogP contribution >= 0.6 is 23.2 Å². The average molecular weight is 309 g/mol. The van der Waals surface area contributed by atoms with Gasteiger partial charge in [0.1, 0.15) is 0 Å². The van der Waals surface area contributed by atoms with E-state index in [1.165, 1.54) is 0 Å². The molecule has 0 amide bonds. The number of nitrogens with zero attached hydrogens (tertiary/aromatic N) is 1. The lowest BCUT2D eigenvalue weighted by atomic mass is 10.1. The molecule has 0 spiro atoms. The van der Waals surface area contributed by atoms with E-state index in [1.807, 2.05) is 36.4 Å². The number of hydrogen-bond donors (Lipinski definition) is 1. The van der Waals surface area contributed by atoms with Crippen molar-refractivity contribution in [3.05, 3.63) is 63.6 Å². The normalized spacial score (nSPS) is 11.0. The quantitative estimate of drug-likeness (QED) is 0.818. The predicted molar refractivity (Wildman–Crippen MR) is 87.1 cm³/mol. The summed E-state index contributed by atoms with van der Waals surface area (Å²) in [6, 6.07) is 13.7. The van der Waals surface area contributed by atoms with Crippen LogP contribution in [0.25, 0.3) is 0 Å². The highest BCUT2D eigenvalue weighted by Crippen LogP contribution is 2.24. The van der Waals surface area contributed by atoms with Gasteiger partial charge in [0.25, 0.3) is 0 Å². The minimum atomic E-state index is 0.589. The number of benzene rings is 2. The van der Waals surface area contributed by atoms with Gasteiger partial charge in [0.2, 0.25) is 0 Å². The molecule has 0 fully saturated rings. The number of halogens is 2. The monoisotopic (exact) mass is 308 g/mol. The second kappa shape index (κ2) is 6.98. The maximum Gasteiger partial charge on any atom is 0.0595 e. The summed E-state index contributed by atoms with van der Waals surface area (Å²) in [6.45, 7) is 4.72. The molecule has 106 valence electrons. The third kappa shape index (κ3) is 3.89. The van der Waals surface area contributed by atoms with Crippen molar-refractivity contribution in [3.63, 3.8) is 0 Å². The van der Waals surface area contributed by atoms with Crippen LogP contribution in [0.1, 0.15) is 18.1 Å². The van der Waals surface area contributed by atoms with Crippen molar-refractivity contribution in [1.82, 2.24) is 4.90 Å². The lowest BCUT2D eigenvalue weighted by molar-refractivity contribution is 0.272. The summed E-state index contributed by atoms with van der Waals surface area (Å²) in [4.78, 5) is 2.31. The molecule has 0 bridgehead atoms. The van der Waals surface area contributed by atoms with Gasteiger partial charge in [0.05, 0.1) is 10.0 Å². The zero-order valence-corrected chi connectivity index (χ0v) is 13.0. The zero-order valence-electron chi connectivity index (χ0n) is 11.4. The molecule has 0 aliphatic heterocycles. The molecular weight excluding hydrogens is 291 g/mol. The number of para-hydroxylation sites is 1. The lowest BCUT2D eigenvalue weighted by Crippen LogP contribution is -2.22. The van der Waals surface area contributed by atoms with Gasteiger partial charge in [0, 0.05) is 18.8 Å². The standard InChI is InChI=1S/C16H18Cl2N2/c1-2-20(11-13-5-3-4-6-16(13)19)10-12-7-8-14(17)15(18)9-12/h3-9H,2,10-11,19H2,1H3. The van der Waals surface area contributed by atoms with E-state index in [1.54, 1.807) is 0 Å². The summed E-state index contributed by atoms with van der Waals surface area (Å²) >= 11 is 12.0. The van der Waals surface area contributed by atoms with E-state index in [4.69, 9.17) is 28.9 Å². The second-order valence-corrected chi connectivity index (χ2v) is 5.56. The van der Waals surface area contributed by atoms with Crippen LogP contribution in [0.15, 0.2) is 42.5 Å². The Morgan fingerprint density at radius 2 is 1.75 bits per heavy atom. The van der Waals surface area contributed by atoms with Crippen molar-refractivity contribution in [2.24, 2.45) is 0 Å². The zero-order chi connectivity index (χ0) is 14.5. The molecule has 4 heteroatoms. The molecule has 0 unspecified atom stereocenters. The first-order chi connectivity index (χ1) is 9.60. The van der Waals surface area contributed by atoms with Crippen molar-refractivity contribution in [1.29, 1.82) is 0 Å². The molecule has 0 aliphatic carbocycles. The smallest absolute Gasteiger partial charge is 0.0595 e. The fraction of sp³-hybridized carbons (Fsp3) is 0.250. The summed E-state index contributed by atoms with van der Waals surface area (Å²) in [6.07, 6.45) is 0. The Kier molecular flexibility index (Phi) is 5.30. The Hall–Kier alpha value is -1.22. The van der Waals surface area contributed by atoms with Gasteiger partial charge in [-0.2, -0.15) is 0 Å². The molecule has 20 heavy (non-hydrogen) atoms. The van der Waals surface area contributed by atoms with Crippen LogP contribution in [0.5, 0.6) is 0 Å². The molecule has 0 aromatic heterocycles. The lowest BCUT2D eigenvalue weighted by Gasteiger charge is -2.21. The summed E-state index contributed by atoms with van der Waals surface area (Å²) in [5.41, 5.74) is 9.13. The van der Waals surface area contributed by atoms with Gasteiger partial charge >= 0.3 is 0 Å². The predicted octanol–water partition coefficient (Wildman–Crippen LogP) is 4.60. The summed E-state index contributed by atoms with van der Waals surface area (Å²) in [5.74, 6) is 0. The Morgan fingerprint density at radius 1 is 1.00 bits per heavy atom. The fourth-order valence-corrected chi connectivity index (χ4v) is 2.42. The van der Waals surface area contributed by atoms with E-state index >= 15 is 0 Å². The molecule has 0 heterocycles. The largest absolute Gasteiger partial charge is 0.398 e. The SMILES string of the molecule is CCN(Cc1ccc(Cl)c(Cl)c1)Cc1ccccc1N. The summed E-state index contributed by atoms with van der Waals surface area (Å²) in [5, 5.41) is 1.19. The van der Waals surface area contributed by atoms with E-state index in [2.05, 4.69) is 17.9 Å².